The largest absolute Gasteiger partial charge is 0.494 e. The quantitative estimate of drug-likeness (QED) is 0.779. The molecule has 0 aliphatic carbocycles. The minimum Gasteiger partial charge on any atom is -0.494 e. The molecule has 1 heterocycles. The molecule has 0 aliphatic heterocycles. The first-order chi connectivity index (χ1) is 8.61. The predicted molar refractivity (Wildman–Crippen MR) is 64.2 cm³/mol. The lowest BCUT2D eigenvalue weighted by molar-refractivity contribution is 0.0970. The number of rotatable bonds is 4. The molecule has 2 rings (SSSR count). The van der Waals surface area contributed by atoms with Crippen LogP contribution >= 0.6 is 0 Å². The summed E-state index contributed by atoms with van der Waals surface area (Å²) in [4.78, 5) is 16.0. The first-order valence-electron chi connectivity index (χ1n) is 5.46. The summed E-state index contributed by atoms with van der Waals surface area (Å²) < 4.78 is 20.0. The Bertz CT molecular complexity index is 578. The van der Waals surface area contributed by atoms with Crippen molar-refractivity contribution >= 4 is 5.78 Å². The summed E-state index contributed by atoms with van der Waals surface area (Å²) in [6.07, 6.45) is 3.34. The van der Waals surface area contributed by atoms with Crippen molar-refractivity contribution in [2.24, 2.45) is 0 Å². The van der Waals surface area contributed by atoms with E-state index in [4.69, 9.17) is 4.74 Å². The number of halogens is 1. The van der Waals surface area contributed by atoms with Crippen molar-refractivity contribution in [2.45, 2.75) is 13.5 Å². The Morgan fingerprint density at radius 2 is 2.28 bits per heavy atom. The van der Waals surface area contributed by atoms with Gasteiger partial charge in [-0.25, -0.2) is 9.37 Å². The van der Waals surface area contributed by atoms with Gasteiger partial charge in [0.15, 0.2) is 17.3 Å². The SMILES string of the molecule is COc1ccc(C(=O)Cn2ccnc2C)cc1F. The number of carbonyl (C=O) groups excluding carboxylic acids is 1. The maximum absolute atomic E-state index is 13.5. The van der Waals surface area contributed by atoms with Crippen molar-refractivity contribution in [1.82, 2.24) is 9.55 Å². The van der Waals surface area contributed by atoms with Crippen LogP contribution in [0.1, 0.15) is 16.2 Å². The van der Waals surface area contributed by atoms with Gasteiger partial charge in [-0.05, 0) is 25.1 Å². The summed E-state index contributed by atoms with van der Waals surface area (Å²) in [5.74, 6) is 0.172. The molecule has 0 unspecified atom stereocenters. The number of ether oxygens (including phenoxy) is 1. The number of Topliss-reactive ketones (excluding diaryl/α,β-unsaturated/α-hetero) is 1. The molecule has 2 aromatic rings. The number of aromatic nitrogens is 2. The molecular formula is C13H13FN2O2. The van der Waals surface area contributed by atoms with E-state index in [-0.39, 0.29) is 18.1 Å². The van der Waals surface area contributed by atoms with Gasteiger partial charge in [0.2, 0.25) is 0 Å². The Morgan fingerprint density at radius 1 is 1.50 bits per heavy atom. The van der Waals surface area contributed by atoms with Crippen LogP contribution in [-0.2, 0) is 6.54 Å². The van der Waals surface area contributed by atoms with Gasteiger partial charge in [-0.1, -0.05) is 0 Å². The van der Waals surface area contributed by atoms with Crippen LogP contribution < -0.4 is 4.74 Å². The van der Waals surface area contributed by atoms with Crippen LogP contribution in [0.3, 0.4) is 0 Å². The van der Waals surface area contributed by atoms with Crippen LogP contribution in [0.25, 0.3) is 0 Å². The average molecular weight is 248 g/mol. The molecule has 0 saturated carbocycles. The molecule has 0 amide bonds. The minimum absolute atomic E-state index is 0.130. The van der Waals surface area contributed by atoms with Gasteiger partial charge in [-0.3, -0.25) is 4.79 Å². The fourth-order valence-corrected chi connectivity index (χ4v) is 1.66. The van der Waals surface area contributed by atoms with E-state index in [1.165, 1.54) is 19.2 Å². The molecule has 1 aromatic heterocycles. The van der Waals surface area contributed by atoms with Gasteiger partial charge in [0, 0.05) is 18.0 Å². The van der Waals surface area contributed by atoms with Crippen molar-refractivity contribution in [3.05, 3.63) is 47.8 Å². The molecule has 0 bridgehead atoms. The Morgan fingerprint density at radius 3 is 2.83 bits per heavy atom. The first-order valence-corrected chi connectivity index (χ1v) is 5.46. The number of carbonyl (C=O) groups is 1. The van der Waals surface area contributed by atoms with Crippen LogP contribution in [0.5, 0.6) is 5.75 Å². The van der Waals surface area contributed by atoms with Gasteiger partial charge >= 0.3 is 0 Å². The molecule has 0 saturated heterocycles. The summed E-state index contributed by atoms with van der Waals surface area (Å²) in [6.45, 7) is 1.96. The standard InChI is InChI=1S/C13H13FN2O2/c1-9-15-5-6-16(9)8-12(17)10-3-4-13(18-2)11(14)7-10/h3-7H,8H2,1-2H3. The highest BCUT2D eigenvalue weighted by molar-refractivity contribution is 5.96. The van der Waals surface area contributed by atoms with E-state index >= 15 is 0 Å². The third-order valence-corrected chi connectivity index (χ3v) is 2.71. The smallest absolute Gasteiger partial charge is 0.182 e. The number of methoxy groups -OCH3 is 1. The summed E-state index contributed by atoms with van der Waals surface area (Å²) >= 11 is 0. The van der Waals surface area contributed by atoms with Crippen molar-refractivity contribution in [3.63, 3.8) is 0 Å². The predicted octanol–water partition coefficient (Wildman–Crippen LogP) is 2.22. The molecule has 0 radical (unpaired) electrons. The summed E-state index contributed by atoms with van der Waals surface area (Å²) in [6, 6.07) is 4.19. The fraction of sp³-hybridized carbons (Fsp3) is 0.231. The minimum atomic E-state index is -0.536. The van der Waals surface area contributed by atoms with Gasteiger partial charge in [-0.2, -0.15) is 0 Å². The van der Waals surface area contributed by atoms with E-state index in [2.05, 4.69) is 4.98 Å². The highest BCUT2D eigenvalue weighted by atomic mass is 19.1. The molecule has 4 nitrogen and oxygen atoms in total. The lowest BCUT2D eigenvalue weighted by Crippen LogP contribution is -2.11. The first kappa shape index (κ1) is 12.3. The van der Waals surface area contributed by atoms with Crippen molar-refractivity contribution in [1.29, 1.82) is 0 Å². The molecule has 0 fully saturated rings. The second kappa shape index (κ2) is 5.00. The number of hydrogen-bond acceptors (Lipinski definition) is 3. The van der Waals surface area contributed by atoms with Crippen LogP contribution in [0.15, 0.2) is 30.6 Å². The van der Waals surface area contributed by atoms with Gasteiger partial charge in [0.25, 0.3) is 0 Å². The zero-order chi connectivity index (χ0) is 13.1. The topological polar surface area (TPSA) is 44.1 Å². The summed E-state index contributed by atoms with van der Waals surface area (Å²) in [7, 11) is 1.38. The van der Waals surface area contributed by atoms with E-state index in [1.807, 2.05) is 6.92 Å². The monoisotopic (exact) mass is 248 g/mol. The molecule has 0 aliphatic rings. The Balaban J connectivity index is 2.19. The van der Waals surface area contributed by atoms with Gasteiger partial charge in [0.05, 0.1) is 13.7 Å². The third-order valence-electron chi connectivity index (χ3n) is 2.71. The molecule has 18 heavy (non-hydrogen) atoms. The fourth-order valence-electron chi connectivity index (χ4n) is 1.66. The molecule has 94 valence electrons. The van der Waals surface area contributed by atoms with Crippen molar-refractivity contribution in [2.75, 3.05) is 7.11 Å². The van der Waals surface area contributed by atoms with E-state index in [0.717, 1.165) is 5.82 Å². The maximum Gasteiger partial charge on any atom is 0.182 e. The van der Waals surface area contributed by atoms with Crippen LogP contribution in [-0.4, -0.2) is 22.4 Å². The molecule has 5 heteroatoms. The zero-order valence-corrected chi connectivity index (χ0v) is 10.2. The molecule has 0 N–H and O–H groups in total. The van der Waals surface area contributed by atoms with E-state index in [9.17, 15) is 9.18 Å². The van der Waals surface area contributed by atoms with Gasteiger partial charge in [-0.15, -0.1) is 0 Å². The zero-order valence-electron chi connectivity index (χ0n) is 10.2. The number of ketones is 1. The number of aryl methyl sites for hydroxylation is 1. The second-order valence-corrected chi connectivity index (χ2v) is 3.87. The number of imidazole rings is 1. The van der Waals surface area contributed by atoms with Gasteiger partial charge in [0.1, 0.15) is 5.82 Å². The molecule has 0 atom stereocenters. The van der Waals surface area contributed by atoms with Crippen LogP contribution in [0.2, 0.25) is 0 Å². The molecule has 1 aromatic carbocycles. The van der Waals surface area contributed by atoms with E-state index in [1.54, 1.807) is 23.0 Å². The third kappa shape index (κ3) is 2.40. The Hall–Kier alpha value is -2.17. The lowest BCUT2D eigenvalue weighted by atomic mass is 10.1. The number of nitrogens with zero attached hydrogens (tertiary/aromatic N) is 2. The maximum atomic E-state index is 13.5. The summed E-state index contributed by atoms with van der Waals surface area (Å²) in [5.41, 5.74) is 0.321. The molecular weight excluding hydrogens is 235 g/mol. The van der Waals surface area contributed by atoms with E-state index < -0.39 is 5.82 Å². The number of hydrogen-bond donors (Lipinski definition) is 0. The Kier molecular flexibility index (Phi) is 3.41. The Labute approximate surface area is 104 Å². The highest BCUT2D eigenvalue weighted by Crippen LogP contribution is 2.18. The normalized spacial score (nSPS) is 10.4. The lowest BCUT2D eigenvalue weighted by Gasteiger charge is -2.06. The van der Waals surface area contributed by atoms with Crippen molar-refractivity contribution < 1.29 is 13.9 Å². The average Bonchev–Trinajstić information content (AvgIpc) is 2.75. The summed E-state index contributed by atoms with van der Waals surface area (Å²) in [5, 5.41) is 0. The highest BCUT2D eigenvalue weighted by Gasteiger charge is 2.11. The van der Waals surface area contributed by atoms with Crippen molar-refractivity contribution in [3.8, 4) is 5.75 Å². The van der Waals surface area contributed by atoms with Crippen LogP contribution in [0, 0.1) is 12.7 Å². The molecule has 0 spiro atoms. The van der Waals surface area contributed by atoms with Gasteiger partial charge < -0.3 is 9.30 Å². The number of benzene rings is 1. The second-order valence-electron chi connectivity index (χ2n) is 3.87. The van der Waals surface area contributed by atoms with E-state index in [0.29, 0.717) is 5.56 Å². The van der Waals surface area contributed by atoms with Crippen LogP contribution in [0.4, 0.5) is 4.39 Å².